The third-order valence-corrected chi connectivity index (χ3v) is 7.12. The Balaban J connectivity index is 1.44. The summed E-state index contributed by atoms with van der Waals surface area (Å²) in [6.45, 7) is 6.01. The van der Waals surface area contributed by atoms with Crippen molar-refractivity contribution in [1.82, 2.24) is 20.7 Å². The van der Waals surface area contributed by atoms with Crippen molar-refractivity contribution >= 4 is 46.3 Å². The molecule has 0 spiro atoms. The van der Waals surface area contributed by atoms with Gasteiger partial charge in [-0.3, -0.25) is 5.01 Å². The van der Waals surface area contributed by atoms with Crippen LogP contribution in [0, 0.1) is 5.82 Å². The number of amides is 1. The summed E-state index contributed by atoms with van der Waals surface area (Å²) in [4.78, 5) is 20.2. The number of nitrogens with zero attached hydrogens (tertiary/aromatic N) is 3. The number of aliphatic imine (C=N–C) groups is 1. The number of hydrogen-bond acceptors (Lipinski definition) is 7. The van der Waals surface area contributed by atoms with E-state index >= 15 is 0 Å². The molecule has 1 amide bonds. The number of rotatable bonds is 4. The lowest BCUT2D eigenvalue weighted by molar-refractivity contribution is 0.135. The molecule has 2 fully saturated rings. The molecule has 0 saturated carbocycles. The maximum Gasteiger partial charge on any atom is 0.415 e. The maximum atomic E-state index is 14.0. The van der Waals surface area contributed by atoms with E-state index in [1.54, 1.807) is 11.0 Å². The van der Waals surface area contributed by atoms with Crippen LogP contribution in [0.5, 0.6) is 5.75 Å². The molecule has 0 aromatic heterocycles. The Hall–Kier alpha value is -2.01. The SMILES string of the molecule is CCNC1CCN(C(=O)Oc2cc(F)ccc2/C=C2\SC(N3CCCCN3)=NC2=S)CC1. The molecule has 0 unspecified atom stereocenters. The monoisotopic (exact) mass is 477 g/mol. The minimum absolute atomic E-state index is 0.184. The van der Waals surface area contributed by atoms with Crippen LogP contribution in [0.25, 0.3) is 6.08 Å². The number of thioether (sulfide) groups is 1. The van der Waals surface area contributed by atoms with Crippen molar-refractivity contribution in [2.75, 3.05) is 32.7 Å². The lowest BCUT2D eigenvalue weighted by atomic mass is 10.1. The maximum absolute atomic E-state index is 14.0. The highest BCUT2D eigenvalue weighted by molar-refractivity contribution is 8.19. The zero-order valence-corrected chi connectivity index (χ0v) is 19.7. The predicted molar refractivity (Wildman–Crippen MR) is 130 cm³/mol. The summed E-state index contributed by atoms with van der Waals surface area (Å²) in [5.74, 6) is -0.277. The molecule has 7 nitrogen and oxygen atoms in total. The number of carbonyl (C=O) groups excluding carboxylic acids is 1. The quantitative estimate of drug-likeness (QED) is 0.505. The van der Waals surface area contributed by atoms with Crippen molar-refractivity contribution in [3.8, 4) is 5.75 Å². The van der Waals surface area contributed by atoms with Gasteiger partial charge in [0.15, 0.2) is 5.17 Å². The van der Waals surface area contributed by atoms with Crippen LogP contribution >= 0.6 is 24.0 Å². The highest BCUT2D eigenvalue weighted by atomic mass is 32.2. The van der Waals surface area contributed by atoms with Gasteiger partial charge in [0.2, 0.25) is 0 Å². The van der Waals surface area contributed by atoms with Gasteiger partial charge in [0.1, 0.15) is 16.6 Å². The Morgan fingerprint density at radius 3 is 2.91 bits per heavy atom. The second kappa shape index (κ2) is 10.7. The number of hydrogen-bond donors (Lipinski definition) is 2. The largest absolute Gasteiger partial charge is 0.415 e. The lowest BCUT2D eigenvalue weighted by Gasteiger charge is -2.31. The van der Waals surface area contributed by atoms with Crippen LogP contribution in [0.15, 0.2) is 28.1 Å². The number of hydrazine groups is 1. The number of carbonyl (C=O) groups is 1. The van der Waals surface area contributed by atoms with E-state index in [0.29, 0.717) is 29.7 Å². The average Bonchev–Trinajstić information content (AvgIpc) is 3.17. The van der Waals surface area contributed by atoms with Crippen LogP contribution in [-0.4, -0.2) is 64.9 Å². The van der Waals surface area contributed by atoms with E-state index in [-0.39, 0.29) is 5.75 Å². The molecule has 2 saturated heterocycles. The molecule has 2 N–H and O–H groups in total. The van der Waals surface area contributed by atoms with Gasteiger partial charge in [0, 0.05) is 43.9 Å². The van der Waals surface area contributed by atoms with Gasteiger partial charge in [0.25, 0.3) is 0 Å². The number of amidine groups is 1. The highest BCUT2D eigenvalue weighted by Gasteiger charge is 2.27. The number of nitrogens with one attached hydrogen (secondary N) is 2. The molecule has 32 heavy (non-hydrogen) atoms. The van der Waals surface area contributed by atoms with Crippen molar-refractivity contribution < 1.29 is 13.9 Å². The molecule has 4 rings (SSSR count). The summed E-state index contributed by atoms with van der Waals surface area (Å²) in [7, 11) is 0. The Labute approximate surface area is 197 Å². The minimum atomic E-state index is -0.461. The van der Waals surface area contributed by atoms with E-state index in [4.69, 9.17) is 17.0 Å². The van der Waals surface area contributed by atoms with E-state index in [0.717, 1.165) is 55.4 Å². The van der Waals surface area contributed by atoms with Gasteiger partial charge in [-0.05, 0) is 62.2 Å². The summed E-state index contributed by atoms with van der Waals surface area (Å²) in [5, 5.41) is 6.24. The molecule has 0 bridgehead atoms. The fraction of sp³-hybridized carbons (Fsp3) is 0.500. The van der Waals surface area contributed by atoms with E-state index in [2.05, 4.69) is 22.7 Å². The Bertz CT molecular complexity index is 925. The normalized spacial score (nSPS) is 21.2. The van der Waals surface area contributed by atoms with Crippen LogP contribution < -0.4 is 15.5 Å². The van der Waals surface area contributed by atoms with Crippen molar-refractivity contribution in [2.24, 2.45) is 4.99 Å². The van der Waals surface area contributed by atoms with Gasteiger partial charge < -0.3 is 15.0 Å². The number of piperidine rings is 1. The average molecular weight is 478 g/mol. The first-order valence-electron chi connectivity index (χ1n) is 11.1. The minimum Gasteiger partial charge on any atom is -0.409 e. The number of thiocarbonyl (C=S) groups is 1. The smallest absolute Gasteiger partial charge is 0.409 e. The molecule has 172 valence electrons. The molecule has 0 atom stereocenters. The molecule has 0 radical (unpaired) electrons. The van der Waals surface area contributed by atoms with Crippen LogP contribution in [0.3, 0.4) is 0 Å². The molecule has 3 aliphatic heterocycles. The van der Waals surface area contributed by atoms with Crippen LogP contribution in [0.1, 0.15) is 38.2 Å². The fourth-order valence-corrected chi connectivity index (χ4v) is 5.18. The van der Waals surface area contributed by atoms with Crippen molar-refractivity contribution in [2.45, 2.75) is 38.6 Å². The standard InChI is InChI=1S/C22H28FN5O2S2/c1-2-24-17-7-11-27(12-8-17)22(29)30-18-14-16(23)6-5-15(18)13-19-20(31)26-21(32-19)28-10-4-3-9-25-28/h5-6,13-14,17,24-25H,2-4,7-12H2,1H3/b19-13-. The third-order valence-electron chi connectivity index (χ3n) is 5.66. The van der Waals surface area contributed by atoms with Crippen LogP contribution in [-0.2, 0) is 0 Å². The second-order valence-electron chi connectivity index (χ2n) is 7.95. The molecular weight excluding hydrogens is 449 g/mol. The summed E-state index contributed by atoms with van der Waals surface area (Å²) in [6.07, 6.45) is 5.34. The van der Waals surface area contributed by atoms with Gasteiger partial charge in [-0.15, -0.1) is 0 Å². The summed E-state index contributed by atoms with van der Waals surface area (Å²) in [6, 6.07) is 4.61. The first-order valence-corrected chi connectivity index (χ1v) is 12.3. The van der Waals surface area contributed by atoms with Crippen molar-refractivity contribution in [3.63, 3.8) is 0 Å². The predicted octanol–water partition coefficient (Wildman–Crippen LogP) is 3.77. The van der Waals surface area contributed by atoms with Gasteiger partial charge >= 0.3 is 6.09 Å². The van der Waals surface area contributed by atoms with Gasteiger partial charge in [-0.25, -0.2) is 19.6 Å². The van der Waals surface area contributed by atoms with Gasteiger partial charge in [0.05, 0.1) is 4.91 Å². The van der Waals surface area contributed by atoms with Crippen molar-refractivity contribution in [3.05, 3.63) is 34.5 Å². The Morgan fingerprint density at radius 2 is 2.19 bits per heavy atom. The highest BCUT2D eigenvalue weighted by Crippen LogP contribution is 2.33. The van der Waals surface area contributed by atoms with E-state index < -0.39 is 11.9 Å². The van der Waals surface area contributed by atoms with Gasteiger partial charge in [-0.2, -0.15) is 0 Å². The molecular formula is C22H28FN5O2S2. The number of halogens is 1. The van der Waals surface area contributed by atoms with E-state index in [1.807, 2.05) is 11.1 Å². The lowest BCUT2D eigenvalue weighted by Crippen LogP contribution is -2.45. The zero-order valence-electron chi connectivity index (χ0n) is 18.1. The Kier molecular flexibility index (Phi) is 7.77. The summed E-state index contributed by atoms with van der Waals surface area (Å²) in [5.41, 5.74) is 3.92. The first-order chi connectivity index (χ1) is 15.5. The van der Waals surface area contributed by atoms with E-state index in [1.165, 1.54) is 23.9 Å². The van der Waals surface area contributed by atoms with E-state index in [9.17, 15) is 9.18 Å². The molecule has 3 heterocycles. The number of likely N-dealkylation sites (tertiary alicyclic amines) is 1. The van der Waals surface area contributed by atoms with Crippen LogP contribution in [0.2, 0.25) is 0 Å². The topological polar surface area (TPSA) is 69.2 Å². The molecule has 3 aliphatic rings. The second-order valence-corrected chi connectivity index (χ2v) is 9.34. The summed E-state index contributed by atoms with van der Waals surface area (Å²) >= 11 is 6.92. The molecule has 10 heteroatoms. The number of benzene rings is 1. The van der Waals surface area contributed by atoms with Crippen LogP contribution in [0.4, 0.5) is 9.18 Å². The van der Waals surface area contributed by atoms with Gasteiger partial charge in [-0.1, -0.05) is 19.1 Å². The molecule has 0 aliphatic carbocycles. The Morgan fingerprint density at radius 1 is 1.38 bits per heavy atom. The first kappa shape index (κ1) is 23.2. The zero-order chi connectivity index (χ0) is 22.5. The molecule has 1 aromatic carbocycles. The number of ether oxygens (including phenoxy) is 1. The summed E-state index contributed by atoms with van der Waals surface area (Å²) < 4.78 is 19.6. The fourth-order valence-electron chi connectivity index (χ4n) is 3.94. The molecule has 1 aromatic rings. The van der Waals surface area contributed by atoms with Crippen molar-refractivity contribution in [1.29, 1.82) is 0 Å². The third kappa shape index (κ3) is 5.67.